The van der Waals surface area contributed by atoms with Crippen molar-refractivity contribution >= 4 is 27.3 Å². The van der Waals surface area contributed by atoms with Crippen LogP contribution in [0.5, 0.6) is 0 Å². The summed E-state index contributed by atoms with van der Waals surface area (Å²) >= 11 is 6.13. The molecule has 2 heterocycles. The van der Waals surface area contributed by atoms with Crippen LogP contribution >= 0.6 is 11.6 Å². The molecule has 0 saturated carbocycles. The average Bonchev–Trinajstić information content (AvgIpc) is 2.89. The maximum atomic E-state index is 12.1. The van der Waals surface area contributed by atoms with Gasteiger partial charge in [0.25, 0.3) is 5.56 Å². The van der Waals surface area contributed by atoms with Gasteiger partial charge in [-0.25, -0.2) is 13.1 Å². The lowest BCUT2D eigenvalue weighted by Gasteiger charge is -2.12. The Morgan fingerprint density at radius 2 is 2.04 bits per heavy atom. The molecule has 25 heavy (non-hydrogen) atoms. The van der Waals surface area contributed by atoms with Crippen molar-refractivity contribution < 1.29 is 13.2 Å². The lowest BCUT2D eigenvalue weighted by molar-refractivity contribution is -0.122. The van der Waals surface area contributed by atoms with Crippen molar-refractivity contribution in [3.63, 3.8) is 0 Å². The standard InChI is InChI=1S/C16H16ClN3O4S/c17-13-4-2-1-3-12(13)14-5-6-16(22)20(19-14)9-15(21)18-11-7-8-25(23,24)10-11/h1-6,11H,7-10H2,(H,18,21). The van der Waals surface area contributed by atoms with Gasteiger partial charge < -0.3 is 5.32 Å². The molecule has 0 aliphatic carbocycles. The summed E-state index contributed by atoms with van der Waals surface area (Å²) in [6.07, 6.45) is 0.385. The van der Waals surface area contributed by atoms with Crippen LogP contribution in [0, 0.1) is 0 Å². The Labute approximate surface area is 149 Å². The first kappa shape index (κ1) is 17.6. The minimum Gasteiger partial charge on any atom is -0.351 e. The highest BCUT2D eigenvalue weighted by Crippen LogP contribution is 2.24. The van der Waals surface area contributed by atoms with Crippen LogP contribution in [0.25, 0.3) is 11.3 Å². The molecule has 1 aromatic carbocycles. The molecule has 7 nitrogen and oxygen atoms in total. The second kappa shape index (κ2) is 6.97. The number of amides is 1. The van der Waals surface area contributed by atoms with Crippen molar-refractivity contribution in [3.05, 3.63) is 51.8 Å². The summed E-state index contributed by atoms with van der Waals surface area (Å²) in [5.74, 6) is -0.452. The van der Waals surface area contributed by atoms with Gasteiger partial charge in [0, 0.05) is 17.7 Å². The molecule has 9 heteroatoms. The highest BCUT2D eigenvalue weighted by atomic mass is 35.5. The zero-order chi connectivity index (χ0) is 18.0. The second-order valence-electron chi connectivity index (χ2n) is 5.86. The van der Waals surface area contributed by atoms with Crippen molar-refractivity contribution in [1.82, 2.24) is 15.1 Å². The van der Waals surface area contributed by atoms with Gasteiger partial charge in [0.05, 0.1) is 22.2 Å². The number of halogens is 1. The van der Waals surface area contributed by atoms with Gasteiger partial charge in [0.2, 0.25) is 5.91 Å². The van der Waals surface area contributed by atoms with Gasteiger partial charge in [-0.1, -0.05) is 29.8 Å². The third-order valence-electron chi connectivity index (χ3n) is 3.91. The van der Waals surface area contributed by atoms with Crippen LogP contribution in [0.2, 0.25) is 5.02 Å². The van der Waals surface area contributed by atoms with Crippen LogP contribution in [0.4, 0.5) is 0 Å². The summed E-state index contributed by atoms with van der Waals surface area (Å²) in [6.45, 7) is -0.284. The van der Waals surface area contributed by atoms with Gasteiger partial charge in [0.15, 0.2) is 9.84 Å². The molecule has 132 valence electrons. The third kappa shape index (κ3) is 4.26. The SMILES string of the molecule is O=C(Cn1nc(-c2ccccc2Cl)ccc1=O)NC1CCS(=O)(=O)C1. The Morgan fingerprint density at radius 3 is 2.72 bits per heavy atom. The summed E-state index contributed by atoms with van der Waals surface area (Å²) in [7, 11) is -3.08. The van der Waals surface area contributed by atoms with Crippen molar-refractivity contribution in [2.75, 3.05) is 11.5 Å². The molecule has 1 aliphatic heterocycles. The molecule has 1 atom stereocenters. The van der Waals surface area contributed by atoms with E-state index in [1.54, 1.807) is 30.3 Å². The molecule has 1 amide bonds. The zero-order valence-corrected chi connectivity index (χ0v) is 14.8. The van der Waals surface area contributed by atoms with E-state index in [1.807, 2.05) is 0 Å². The van der Waals surface area contributed by atoms with Crippen molar-refractivity contribution in [2.24, 2.45) is 0 Å². The Balaban J connectivity index is 1.76. The van der Waals surface area contributed by atoms with E-state index in [9.17, 15) is 18.0 Å². The molecular weight excluding hydrogens is 366 g/mol. The van der Waals surface area contributed by atoms with E-state index in [-0.39, 0.29) is 18.1 Å². The number of nitrogens with one attached hydrogen (secondary N) is 1. The lowest BCUT2D eigenvalue weighted by Crippen LogP contribution is -2.40. The van der Waals surface area contributed by atoms with Gasteiger partial charge in [-0.15, -0.1) is 0 Å². The number of hydrogen-bond acceptors (Lipinski definition) is 5. The van der Waals surface area contributed by atoms with E-state index >= 15 is 0 Å². The van der Waals surface area contributed by atoms with Crippen LogP contribution in [0.3, 0.4) is 0 Å². The molecule has 1 saturated heterocycles. The summed E-state index contributed by atoms with van der Waals surface area (Å²) in [5, 5.41) is 7.31. The Kier molecular flexibility index (Phi) is 4.91. The van der Waals surface area contributed by atoms with Crippen LogP contribution in [-0.4, -0.2) is 41.7 Å². The summed E-state index contributed by atoms with van der Waals surface area (Å²) in [5.41, 5.74) is 0.701. The largest absolute Gasteiger partial charge is 0.351 e. The molecule has 3 rings (SSSR count). The number of carbonyl (C=O) groups excluding carboxylic acids is 1. The quantitative estimate of drug-likeness (QED) is 0.847. The normalized spacial score (nSPS) is 18.8. The van der Waals surface area contributed by atoms with Gasteiger partial charge in [0.1, 0.15) is 6.54 Å². The fourth-order valence-corrected chi connectivity index (χ4v) is 4.60. The second-order valence-corrected chi connectivity index (χ2v) is 8.50. The average molecular weight is 382 g/mol. The van der Waals surface area contributed by atoms with Crippen LogP contribution in [0.1, 0.15) is 6.42 Å². The smallest absolute Gasteiger partial charge is 0.267 e. The zero-order valence-electron chi connectivity index (χ0n) is 13.2. The molecule has 0 bridgehead atoms. The monoisotopic (exact) mass is 381 g/mol. The molecule has 1 unspecified atom stereocenters. The number of sulfone groups is 1. The molecule has 2 aromatic rings. The number of carbonyl (C=O) groups is 1. The van der Waals surface area contributed by atoms with Crippen LogP contribution in [-0.2, 0) is 21.2 Å². The number of nitrogens with zero attached hydrogens (tertiary/aromatic N) is 2. The van der Waals surface area contributed by atoms with Crippen LogP contribution < -0.4 is 10.9 Å². The van der Waals surface area contributed by atoms with E-state index in [1.165, 1.54) is 6.07 Å². The Hall–Kier alpha value is -2.19. The van der Waals surface area contributed by atoms with Crippen molar-refractivity contribution in [1.29, 1.82) is 0 Å². The molecule has 1 fully saturated rings. The summed E-state index contributed by atoms with van der Waals surface area (Å²) in [6, 6.07) is 9.50. The van der Waals surface area contributed by atoms with E-state index < -0.39 is 27.3 Å². The first-order valence-corrected chi connectivity index (χ1v) is 9.87. The maximum absolute atomic E-state index is 12.1. The topological polar surface area (TPSA) is 98.1 Å². The first-order valence-electron chi connectivity index (χ1n) is 7.67. The van der Waals surface area contributed by atoms with Gasteiger partial charge in [-0.2, -0.15) is 5.10 Å². The number of rotatable bonds is 4. The molecule has 1 N–H and O–H groups in total. The minimum atomic E-state index is -3.08. The summed E-state index contributed by atoms with van der Waals surface area (Å²) in [4.78, 5) is 24.1. The number of hydrogen-bond donors (Lipinski definition) is 1. The minimum absolute atomic E-state index is 0.0676. The predicted octanol–water partition coefficient (Wildman–Crippen LogP) is 0.867. The summed E-state index contributed by atoms with van der Waals surface area (Å²) < 4.78 is 23.9. The van der Waals surface area contributed by atoms with E-state index in [2.05, 4.69) is 10.4 Å². The number of benzene rings is 1. The van der Waals surface area contributed by atoms with E-state index in [0.717, 1.165) is 4.68 Å². The van der Waals surface area contributed by atoms with Crippen molar-refractivity contribution in [3.8, 4) is 11.3 Å². The third-order valence-corrected chi connectivity index (χ3v) is 6.00. The lowest BCUT2D eigenvalue weighted by atomic mass is 10.1. The fraction of sp³-hybridized carbons (Fsp3) is 0.312. The van der Waals surface area contributed by atoms with E-state index in [4.69, 9.17) is 11.6 Å². The highest BCUT2D eigenvalue weighted by molar-refractivity contribution is 7.91. The molecule has 0 radical (unpaired) electrons. The number of aromatic nitrogens is 2. The van der Waals surface area contributed by atoms with Crippen LogP contribution in [0.15, 0.2) is 41.2 Å². The fourth-order valence-electron chi connectivity index (χ4n) is 2.69. The molecule has 1 aliphatic rings. The Morgan fingerprint density at radius 1 is 1.28 bits per heavy atom. The predicted molar refractivity (Wildman–Crippen MR) is 94.1 cm³/mol. The van der Waals surface area contributed by atoms with Gasteiger partial charge >= 0.3 is 0 Å². The molecule has 1 aromatic heterocycles. The highest BCUT2D eigenvalue weighted by Gasteiger charge is 2.29. The molecular formula is C16H16ClN3O4S. The molecule has 0 spiro atoms. The first-order chi connectivity index (χ1) is 11.8. The Bertz CT molecular complexity index is 971. The van der Waals surface area contributed by atoms with Gasteiger partial charge in [-0.05, 0) is 18.6 Å². The maximum Gasteiger partial charge on any atom is 0.267 e. The van der Waals surface area contributed by atoms with E-state index in [0.29, 0.717) is 22.7 Å². The van der Waals surface area contributed by atoms with Gasteiger partial charge in [-0.3, -0.25) is 9.59 Å². The van der Waals surface area contributed by atoms with Crippen molar-refractivity contribution in [2.45, 2.75) is 19.0 Å².